The first-order valence-corrected chi connectivity index (χ1v) is 12.1. The molecule has 1 atom stereocenters. The van der Waals surface area contributed by atoms with Crippen LogP contribution in [-0.2, 0) is 23.4 Å². The van der Waals surface area contributed by atoms with Gasteiger partial charge in [0.05, 0.1) is 11.5 Å². The number of alkyl halides is 3. The zero-order valence-corrected chi connectivity index (χ0v) is 19.3. The van der Waals surface area contributed by atoms with Gasteiger partial charge in [-0.15, -0.1) is 0 Å². The molecule has 162 valence electrons. The second-order valence-electron chi connectivity index (χ2n) is 6.04. The van der Waals surface area contributed by atoms with Crippen LogP contribution in [0.1, 0.15) is 20.8 Å². The molecular weight excluding hydrogens is 496 g/mol. The molecule has 0 bridgehead atoms. The van der Waals surface area contributed by atoms with E-state index < -0.39 is 35.2 Å². The van der Waals surface area contributed by atoms with E-state index in [1.165, 1.54) is 18.2 Å². The van der Waals surface area contributed by atoms with Gasteiger partial charge in [-0.2, -0.15) is 21.6 Å². The first-order valence-electron chi connectivity index (χ1n) is 8.24. The third-order valence-electron chi connectivity index (χ3n) is 3.26. The van der Waals surface area contributed by atoms with Crippen molar-refractivity contribution >= 4 is 38.7 Å². The molecule has 1 rings (SSSR count). The van der Waals surface area contributed by atoms with Crippen LogP contribution in [0.4, 0.5) is 13.2 Å². The van der Waals surface area contributed by atoms with Gasteiger partial charge in [-0.25, -0.2) is 0 Å². The van der Waals surface area contributed by atoms with Crippen molar-refractivity contribution in [2.45, 2.75) is 31.8 Å². The number of halogens is 4. The summed E-state index contributed by atoms with van der Waals surface area (Å²) in [6.07, 6.45) is -1.48. The van der Waals surface area contributed by atoms with E-state index in [9.17, 15) is 26.2 Å². The van der Waals surface area contributed by atoms with Crippen molar-refractivity contribution in [3.8, 4) is 0 Å². The molecule has 0 saturated carbocycles. The van der Waals surface area contributed by atoms with Crippen molar-refractivity contribution in [2.24, 2.45) is 0 Å². The SMILES string of the molecule is C=C(/C=C(/Br)C=C(C)C)P(=O)(OCC)c1ccc(S(=O)(=O)OCC(F)(F)F)cc1. The predicted octanol–water partition coefficient (Wildman–Crippen LogP) is 5.65. The topological polar surface area (TPSA) is 69.7 Å². The summed E-state index contributed by atoms with van der Waals surface area (Å²) in [6.45, 7) is 7.35. The summed E-state index contributed by atoms with van der Waals surface area (Å²) in [6, 6.07) is 4.42. The molecule has 0 aliphatic heterocycles. The summed E-state index contributed by atoms with van der Waals surface area (Å²) in [7, 11) is -8.24. The summed E-state index contributed by atoms with van der Waals surface area (Å²) in [4.78, 5) is -0.500. The first kappa shape index (κ1) is 25.8. The molecule has 1 unspecified atom stereocenters. The van der Waals surface area contributed by atoms with Crippen LogP contribution in [-0.4, -0.2) is 27.8 Å². The lowest BCUT2D eigenvalue weighted by atomic mass is 10.3. The van der Waals surface area contributed by atoms with E-state index >= 15 is 0 Å². The minimum absolute atomic E-state index is 0.0964. The number of hydrogen-bond donors (Lipinski definition) is 0. The molecule has 0 spiro atoms. The second kappa shape index (κ2) is 10.2. The molecular formula is C18H21BrF3O5PS. The molecule has 11 heteroatoms. The maximum absolute atomic E-state index is 13.4. The highest BCUT2D eigenvalue weighted by atomic mass is 79.9. The van der Waals surface area contributed by atoms with Gasteiger partial charge in [0.25, 0.3) is 17.5 Å². The van der Waals surface area contributed by atoms with Gasteiger partial charge >= 0.3 is 6.18 Å². The smallest absolute Gasteiger partial charge is 0.322 e. The first-order chi connectivity index (χ1) is 13.2. The third-order valence-corrected chi connectivity index (χ3v) is 7.48. The van der Waals surface area contributed by atoms with Crippen molar-refractivity contribution < 1.29 is 34.9 Å². The van der Waals surface area contributed by atoms with Crippen LogP contribution in [0.2, 0.25) is 0 Å². The average molecular weight is 517 g/mol. The quantitative estimate of drug-likeness (QED) is 0.241. The van der Waals surface area contributed by atoms with Gasteiger partial charge in [0, 0.05) is 15.1 Å². The summed E-state index contributed by atoms with van der Waals surface area (Å²) < 4.78 is 83.9. The van der Waals surface area contributed by atoms with Gasteiger partial charge in [-0.1, -0.05) is 28.1 Å². The van der Waals surface area contributed by atoms with Crippen LogP contribution >= 0.6 is 23.3 Å². The summed E-state index contributed by atoms with van der Waals surface area (Å²) >= 11 is 3.33. The molecule has 0 saturated heterocycles. The van der Waals surface area contributed by atoms with E-state index in [2.05, 4.69) is 26.7 Å². The Kier molecular flexibility index (Phi) is 9.11. The fourth-order valence-corrected chi connectivity index (χ4v) is 5.75. The minimum atomic E-state index is -4.79. The Hall–Kier alpha value is -1.19. The van der Waals surface area contributed by atoms with E-state index in [1.807, 2.05) is 13.8 Å². The highest BCUT2D eigenvalue weighted by Gasteiger charge is 2.32. The Bertz CT molecular complexity index is 947. The monoisotopic (exact) mass is 516 g/mol. The molecule has 1 aromatic carbocycles. The van der Waals surface area contributed by atoms with Crippen molar-refractivity contribution in [3.63, 3.8) is 0 Å². The van der Waals surface area contributed by atoms with E-state index in [0.29, 0.717) is 4.48 Å². The van der Waals surface area contributed by atoms with E-state index in [0.717, 1.165) is 17.7 Å². The highest BCUT2D eigenvalue weighted by molar-refractivity contribution is 9.11. The summed E-state index contributed by atoms with van der Waals surface area (Å²) in [5, 5.41) is 0.306. The normalized spacial score (nSPS) is 14.9. The molecule has 29 heavy (non-hydrogen) atoms. The molecule has 0 N–H and O–H groups in total. The fourth-order valence-electron chi connectivity index (χ4n) is 2.09. The van der Waals surface area contributed by atoms with Gasteiger partial charge in [0.1, 0.15) is 0 Å². The largest absolute Gasteiger partial charge is 0.413 e. The molecule has 0 fully saturated rings. The number of hydrogen-bond acceptors (Lipinski definition) is 5. The Morgan fingerprint density at radius 3 is 2.21 bits per heavy atom. The highest BCUT2D eigenvalue weighted by Crippen LogP contribution is 2.54. The third kappa shape index (κ3) is 7.86. The van der Waals surface area contributed by atoms with Crippen LogP contribution in [0.15, 0.2) is 63.3 Å². The molecule has 0 aliphatic rings. The Morgan fingerprint density at radius 2 is 1.76 bits per heavy atom. The molecule has 0 heterocycles. The number of allylic oxidation sites excluding steroid dienone is 5. The second-order valence-corrected chi connectivity index (χ2v) is 11.0. The van der Waals surface area contributed by atoms with Gasteiger partial charge in [0.2, 0.25) is 0 Å². The van der Waals surface area contributed by atoms with Gasteiger partial charge in [-0.3, -0.25) is 8.75 Å². The molecule has 0 aromatic heterocycles. The fraction of sp³-hybridized carbons (Fsp3) is 0.333. The van der Waals surface area contributed by atoms with E-state index in [-0.39, 0.29) is 17.2 Å². The zero-order chi connectivity index (χ0) is 22.5. The average Bonchev–Trinajstić information content (AvgIpc) is 2.59. The lowest BCUT2D eigenvalue weighted by Crippen LogP contribution is -2.21. The zero-order valence-electron chi connectivity index (χ0n) is 16.0. The minimum Gasteiger partial charge on any atom is -0.322 e. The Balaban J connectivity index is 3.24. The van der Waals surface area contributed by atoms with Crippen molar-refractivity contribution in [1.29, 1.82) is 0 Å². The van der Waals surface area contributed by atoms with E-state index in [1.54, 1.807) is 13.0 Å². The molecule has 1 aromatic rings. The van der Waals surface area contributed by atoms with E-state index in [4.69, 9.17) is 4.52 Å². The van der Waals surface area contributed by atoms with Crippen LogP contribution in [0, 0.1) is 0 Å². The van der Waals surface area contributed by atoms with Crippen LogP contribution in [0.5, 0.6) is 0 Å². The van der Waals surface area contributed by atoms with Crippen LogP contribution < -0.4 is 5.30 Å². The summed E-state index contributed by atoms with van der Waals surface area (Å²) in [5.41, 5.74) is 0.987. The maximum Gasteiger partial charge on any atom is 0.413 e. The Morgan fingerprint density at radius 1 is 1.21 bits per heavy atom. The van der Waals surface area contributed by atoms with Crippen molar-refractivity contribution in [2.75, 3.05) is 13.2 Å². The Labute approximate surface area is 177 Å². The number of rotatable bonds is 9. The lowest BCUT2D eigenvalue weighted by molar-refractivity contribution is -0.152. The molecule has 0 aliphatic carbocycles. The number of benzene rings is 1. The van der Waals surface area contributed by atoms with Crippen molar-refractivity contribution in [1.82, 2.24) is 0 Å². The van der Waals surface area contributed by atoms with Gasteiger partial charge in [0.15, 0.2) is 6.61 Å². The summed E-state index contributed by atoms with van der Waals surface area (Å²) in [5.74, 6) is 0. The molecule has 5 nitrogen and oxygen atoms in total. The predicted molar refractivity (Wildman–Crippen MR) is 110 cm³/mol. The van der Waals surface area contributed by atoms with Gasteiger partial charge in [-0.05, 0) is 57.2 Å². The van der Waals surface area contributed by atoms with Crippen LogP contribution in [0.3, 0.4) is 0 Å². The van der Waals surface area contributed by atoms with Crippen molar-refractivity contribution in [3.05, 3.63) is 58.4 Å². The molecule has 0 radical (unpaired) electrons. The molecule has 0 amide bonds. The lowest BCUT2D eigenvalue weighted by Gasteiger charge is -2.19. The van der Waals surface area contributed by atoms with Crippen LogP contribution in [0.25, 0.3) is 0 Å². The maximum atomic E-state index is 13.4. The standard InChI is InChI=1S/C18H21BrF3O5PS/c1-5-26-28(23,14(4)11-15(19)10-13(2)3)16-6-8-17(9-7-16)29(24,25)27-12-18(20,21)22/h6-11H,4-5,12H2,1-3H3/b15-11+. The van der Waals surface area contributed by atoms with Gasteiger partial charge < -0.3 is 4.52 Å².